The maximum atomic E-state index is 12.6. The second-order valence-electron chi connectivity index (χ2n) is 7.51. The van der Waals surface area contributed by atoms with E-state index in [-0.39, 0.29) is 35.2 Å². The minimum Gasteiger partial charge on any atom is -0.462 e. The lowest BCUT2D eigenvalue weighted by molar-refractivity contribution is 0.0526. The number of carbonyl (C=O) groups excluding carboxylic acids is 2. The van der Waals surface area contributed by atoms with Crippen LogP contribution in [0.3, 0.4) is 0 Å². The lowest BCUT2D eigenvalue weighted by Gasteiger charge is -2.11. The molecule has 168 valence electrons. The summed E-state index contributed by atoms with van der Waals surface area (Å²) in [7, 11) is 0. The average molecular weight is 483 g/mol. The van der Waals surface area contributed by atoms with Crippen molar-refractivity contribution < 1.29 is 14.3 Å². The van der Waals surface area contributed by atoms with Crippen molar-refractivity contribution in [2.75, 3.05) is 23.8 Å². The molecule has 0 spiro atoms. The lowest BCUT2D eigenvalue weighted by atomic mass is 10.1. The van der Waals surface area contributed by atoms with Crippen molar-refractivity contribution in [3.63, 3.8) is 0 Å². The quantitative estimate of drug-likeness (QED) is 0.290. The molecule has 0 fully saturated rings. The Hall–Kier alpha value is -3.50. The van der Waals surface area contributed by atoms with E-state index >= 15 is 0 Å². The van der Waals surface area contributed by atoms with Gasteiger partial charge in [0.1, 0.15) is 16.3 Å². The van der Waals surface area contributed by atoms with Crippen LogP contribution in [0.15, 0.2) is 30.5 Å². The number of nitrogens with zero attached hydrogens (tertiary/aromatic N) is 3. The summed E-state index contributed by atoms with van der Waals surface area (Å²) in [6.07, 6.45) is 1.32. The molecule has 3 aromatic heterocycles. The van der Waals surface area contributed by atoms with Crippen molar-refractivity contribution in [2.24, 2.45) is 0 Å². The molecule has 0 saturated heterocycles. The van der Waals surface area contributed by atoms with Gasteiger partial charge in [-0.25, -0.2) is 14.8 Å². The van der Waals surface area contributed by atoms with Crippen molar-refractivity contribution in [1.29, 1.82) is 0 Å². The molecule has 11 heteroatoms. The summed E-state index contributed by atoms with van der Waals surface area (Å²) in [5, 5.41) is 11.3. The zero-order valence-electron chi connectivity index (χ0n) is 17.7. The van der Waals surface area contributed by atoms with Gasteiger partial charge in [-0.15, -0.1) is 11.3 Å². The Balaban J connectivity index is 1.57. The lowest BCUT2D eigenvalue weighted by Crippen LogP contribution is -2.34. The van der Waals surface area contributed by atoms with E-state index in [1.807, 2.05) is 25.1 Å². The van der Waals surface area contributed by atoms with Crippen LogP contribution in [-0.4, -0.2) is 46.0 Å². The van der Waals surface area contributed by atoms with Crippen LogP contribution in [0, 0.1) is 0 Å². The van der Waals surface area contributed by atoms with Gasteiger partial charge in [-0.05, 0) is 49.7 Å². The Kier molecular flexibility index (Phi) is 5.47. The maximum absolute atomic E-state index is 12.6. The second kappa shape index (κ2) is 8.45. The fourth-order valence-corrected chi connectivity index (χ4v) is 4.96. The number of pyridine rings is 1. The number of esters is 1. The van der Waals surface area contributed by atoms with Gasteiger partial charge in [-0.1, -0.05) is 0 Å². The van der Waals surface area contributed by atoms with Crippen LogP contribution in [0.2, 0.25) is 5.28 Å². The molecule has 3 N–H and O–H groups in total. The summed E-state index contributed by atoms with van der Waals surface area (Å²) in [6, 6.07) is 7.61. The van der Waals surface area contributed by atoms with E-state index in [2.05, 4.69) is 25.9 Å². The van der Waals surface area contributed by atoms with E-state index in [0.717, 1.165) is 26.7 Å². The number of hydrogen-bond donors (Lipinski definition) is 3. The fraction of sp³-hybridized carbons (Fsp3) is 0.227. The van der Waals surface area contributed by atoms with E-state index in [1.165, 1.54) is 17.5 Å². The first-order valence-corrected chi connectivity index (χ1v) is 11.5. The van der Waals surface area contributed by atoms with Crippen LogP contribution in [0.25, 0.3) is 21.0 Å². The summed E-state index contributed by atoms with van der Waals surface area (Å²) in [4.78, 5) is 38.2. The number of benzene rings is 1. The molecule has 0 bridgehead atoms. The molecule has 4 heterocycles. The third-order valence-electron chi connectivity index (χ3n) is 5.19. The maximum Gasteiger partial charge on any atom is 0.343 e. The summed E-state index contributed by atoms with van der Waals surface area (Å²) < 4.78 is 6.07. The Morgan fingerprint density at radius 2 is 2.15 bits per heavy atom. The SMILES string of the molecule is CCOC(=O)c1cnc(Cl)nc1Nc1ccc2c(ccc3sc4c(c32)NC[C@H](C)NC4=O)n1. The monoisotopic (exact) mass is 482 g/mol. The first-order chi connectivity index (χ1) is 15.9. The van der Waals surface area contributed by atoms with Gasteiger partial charge in [0.25, 0.3) is 5.91 Å². The topological polar surface area (TPSA) is 118 Å². The van der Waals surface area contributed by atoms with Crippen molar-refractivity contribution in [2.45, 2.75) is 19.9 Å². The predicted octanol–water partition coefficient (Wildman–Crippen LogP) is 4.36. The molecule has 0 saturated carbocycles. The number of aromatic nitrogens is 3. The fourth-order valence-electron chi connectivity index (χ4n) is 3.73. The highest BCUT2D eigenvalue weighted by atomic mass is 35.5. The molecular weight excluding hydrogens is 464 g/mol. The summed E-state index contributed by atoms with van der Waals surface area (Å²) in [5.74, 6) is 0.0508. The number of halogens is 1. The predicted molar refractivity (Wildman–Crippen MR) is 129 cm³/mol. The highest BCUT2D eigenvalue weighted by molar-refractivity contribution is 7.21. The number of ether oxygens (including phenoxy) is 1. The first kappa shape index (κ1) is 21.4. The average Bonchev–Trinajstić information content (AvgIpc) is 3.10. The van der Waals surface area contributed by atoms with Gasteiger partial charge in [0.05, 0.1) is 17.8 Å². The van der Waals surface area contributed by atoms with Gasteiger partial charge < -0.3 is 20.7 Å². The van der Waals surface area contributed by atoms with Gasteiger partial charge >= 0.3 is 5.97 Å². The van der Waals surface area contributed by atoms with Crippen molar-refractivity contribution in [1.82, 2.24) is 20.3 Å². The van der Waals surface area contributed by atoms with E-state index in [1.54, 1.807) is 13.0 Å². The number of anilines is 3. The zero-order chi connectivity index (χ0) is 23.1. The van der Waals surface area contributed by atoms with Crippen LogP contribution >= 0.6 is 22.9 Å². The van der Waals surface area contributed by atoms with Crippen LogP contribution in [0.4, 0.5) is 17.3 Å². The van der Waals surface area contributed by atoms with E-state index < -0.39 is 5.97 Å². The molecule has 1 aliphatic heterocycles. The van der Waals surface area contributed by atoms with Gasteiger partial charge in [-0.2, -0.15) is 4.98 Å². The van der Waals surface area contributed by atoms with Crippen molar-refractivity contribution in [3.8, 4) is 0 Å². The number of nitrogens with one attached hydrogen (secondary N) is 3. The number of carbonyl (C=O) groups is 2. The molecule has 4 aromatic rings. The summed E-state index contributed by atoms with van der Waals surface area (Å²) >= 11 is 7.40. The number of rotatable bonds is 4. The van der Waals surface area contributed by atoms with Gasteiger partial charge in [0.15, 0.2) is 5.82 Å². The van der Waals surface area contributed by atoms with Crippen molar-refractivity contribution in [3.05, 3.63) is 46.2 Å². The van der Waals surface area contributed by atoms with E-state index in [9.17, 15) is 9.59 Å². The van der Waals surface area contributed by atoms with Crippen LogP contribution in [0.5, 0.6) is 0 Å². The Labute approximate surface area is 197 Å². The van der Waals surface area contributed by atoms with Crippen molar-refractivity contribution >= 4 is 73.1 Å². The minimum atomic E-state index is -0.557. The van der Waals surface area contributed by atoms with Gasteiger partial charge in [0.2, 0.25) is 5.28 Å². The zero-order valence-corrected chi connectivity index (χ0v) is 19.3. The van der Waals surface area contributed by atoms with Crippen LogP contribution in [0.1, 0.15) is 33.9 Å². The van der Waals surface area contributed by atoms with Gasteiger partial charge in [0, 0.05) is 34.3 Å². The number of fused-ring (bicyclic) bond motifs is 5. The van der Waals surface area contributed by atoms with Gasteiger partial charge in [-0.3, -0.25) is 4.79 Å². The molecular formula is C22H19ClN6O3S. The highest BCUT2D eigenvalue weighted by Gasteiger charge is 2.25. The standard InChI is InChI=1S/C22H19ClN6O3S/c1-3-32-21(31)12-9-25-22(23)29-19(12)28-15-7-4-11-13(27-15)5-6-14-16(11)17-18(33-14)20(30)26-10(2)8-24-17/h4-7,9-10,24H,3,8H2,1-2H3,(H,26,30)(H,25,27,28,29)/t10-/m0/s1. The molecule has 0 aliphatic carbocycles. The minimum absolute atomic E-state index is 0.00686. The smallest absolute Gasteiger partial charge is 0.343 e. The molecule has 1 atom stereocenters. The molecule has 0 unspecified atom stereocenters. The van der Waals surface area contributed by atoms with E-state index in [4.69, 9.17) is 21.3 Å². The number of hydrogen-bond acceptors (Lipinski definition) is 9. The normalized spacial score (nSPS) is 15.5. The third-order valence-corrected chi connectivity index (χ3v) is 6.53. The molecule has 0 radical (unpaired) electrons. The third kappa shape index (κ3) is 3.91. The molecule has 33 heavy (non-hydrogen) atoms. The molecule has 1 aliphatic rings. The van der Waals surface area contributed by atoms with Crippen LogP contribution in [-0.2, 0) is 4.74 Å². The summed E-state index contributed by atoms with van der Waals surface area (Å²) in [5.41, 5.74) is 1.72. The number of amides is 1. The van der Waals surface area contributed by atoms with E-state index in [0.29, 0.717) is 17.2 Å². The molecule has 9 nitrogen and oxygen atoms in total. The number of thiophene rings is 1. The van der Waals surface area contributed by atoms with Crippen LogP contribution < -0.4 is 16.0 Å². The highest BCUT2D eigenvalue weighted by Crippen LogP contribution is 2.41. The largest absolute Gasteiger partial charge is 0.462 e. The Morgan fingerprint density at radius 3 is 2.97 bits per heavy atom. The Morgan fingerprint density at radius 1 is 1.30 bits per heavy atom. The molecule has 1 amide bonds. The molecule has 1 aromatic carbocycles. The molecule has 5 rings (SSSR count). The Bertz CT molecular complexity index is 1420. The summed E-state index contributed by atoms with van der Waals surface area (Å²) in [6.45, 7) is 4.54. The first-order valence-electron chi connectivity index (χ1n) is 10.3. The second-order valence-corrected chi connectivity index (χ2v) is 8.90.